The molecule has 1 amide bonds. The van der Waals surface area contributed by atoms with Gasteiger partial charge in [-0.25, -0.2) is 18.1 Å². The summed E-state index contributed by atoms with van der Waals surface area (Å²) in [6, 6.07) is 6.28. The van der Waals surface area contributed by atoms with Crippen molar-refractivity contribution in [2.75, 3.05) is 6.54 Å². The van der Waals surface area contributed by atoms with Crippen molar-refractivity contribution in [2.45, 2.75) is 49.6 Å². The van der Waals surface area contributed by atoms with Crippen LogP contribution in [-0.4, -0.2) is 36.5 Å². The number of nitrogens with one attached hydrogen (secondary N) is 2. The fraction of sp³-hybridized carbons (Fsp3) is 0.444. The van der Waals surface area contributed by atoms with Crippen LogP contribution in [0.5, 0.6) is 0 Å². The Morgan fingerprint density at radius 1 is 1.35 bits per heavy atom. The van der Waals surface area contributed by atoms with Gasteiger partial charge in [0.15, 0.2) is 0 Å². The lowest BCUT2D eigenvalue weighted by atomic mass is 10.2. The van der Waals surface area contributed by atoms with E-state index in [1.54, 1.807) is 30.9 Å². The van der Waals surface area contributed by atoms with Crippen LogP contribution in [0.1, 0.15) is 49.0 Å². The molecule has 1 unspecified atom stereocenters. The van der Waals surface area contributed by atoms with E-state index in [2.05, 4.69) is 15.0 Å². The van der Waals surface area contributed by atoms with Gasteiger partial charge in [-0.1, -0.05) is 18.9 Å². The van der Waals surface area contributed by atoms with Crippen LogP contribution in [-0.2, 0) is 10.0 Å². The largest absolute Gasteiger partial charge is 0.349 e. The zero-order valence-electron chi connectivity index (χ0n) is 14.8. The summed E-state index contributed by atoms with van der Waals surface area (Å²) in [5, 5.41) is 2.98. The van der Waals surface area contributed by atoms with E-state index in [1.165, 1.54) is 12.1 Å². The van der Waals surface area contributed by atoms with E-state index in [9.17, 15) is 13.2 Å². The maximum absolute atomic E-state index is 12.6. The highest BCUT2D eigenvalue weighted by Crippen LogP contribution is 2.19. The maximum Gasteiger partial charge on any atom is 0.251 e. The predicted octanol–water partition coefficient (Wildman–Crippen LogP) is 2.09. The number of benzene rings is 1. The first-order chi connectivity index (χ1) is 12.5. The van der Waals surface area contributed by atoms with E-state index in [1.807, 2.05) is 11.5 Å². The van der Waals surface area contributed by atoms with Crippen LogP contribution < -0.4 is 10.0 Å². The highest BCUT2D eigenvalue weighted by molar-refractivity contribution is 7.89. The highest BCUT2D eigenvalue weighted by Gasteiger charge is 2.20. The second-order valence-corrected chi connectivity index (χ2v) is 8.46. The Kier molecular flexibility index (Phi) is 5.73. The molecule has 1 aliphatic rings. The Morgan fingerprint density at radius 3 is 2.81 bits per heavy atom. The summed E-state index contributed by atoms with van der Waals surface area (Å²) in [6.45, 7) is 2.13. The Balaban J connectivity index is 1.66. The Bertz CT molecular complexity index is 843. The number of hydrogen-bond acceptors (Lipinski definition) is 4. The summed E-state index contributed by atoms with van der Waals surface area (Å²) in [5.41, 5.74) is 0.363. The Morgan fingerprint density at radius 2 is 2.12 bits per heavy atom. The topological polar surface area (TPSA) is 93.1 Å². The van der Waals surface area contributed by atoms with Gasteiger partial charge in [-0.15, -0.1) is 0 Å². The molecule has 8 heteroatoms. The van der Waals surface area contributed by atoms with Gasteiger partial charge in [0.2, 0.25) is 10.0 Å². The van der Waals surface area contributed by atoms with Crippen molar-refractivity contribution in [3.05, 3.63) is 48.5 Å². The van der Waals surface area contributed by atoms with E-state index < -0.39 is 10.0 Å². The molecule has 0 saturated heterocycles. The zero-order valence-corrected chi connectivity index (χ0v) is 15.6. The summed E-state index contributed by atoms with van der Waals surface area (Å²) in [6.07, 6.45) is 9.29. The van der Waals surface area contributed by atoms with E-state index in [0.29, 0.717) is 5.56 Å². The average molecular weight is 376 g/mol. The summed E-state index contributed by atoms with van der Waals surface area (Å²) in [7, 11) is -3.69. The van der Waals surface area contributed by atoms with Crippen LogP contribution in [0.15, 0.2) is 47.9 Å². The summed E-state index contributed by atoms with van der Waals surface area (Å²) in [4.78, 5) is 16.4. The van der Waals surface area contributed by atoms with Gasteiger partial charge in [0, 0.05) is 36.6 Å². The average Bonchev–Trinajstić information content (AvgIpc) is 3.33. The lowest BCUT2D eigenvalue weighted by molar-refractivity contribution is 0.0937. The number of amides is 1. The molecule has 1 saturated carbocycles. The number of carbonyl (C=O) groups excluding carboxylic acids is 1. The molecule has 2 aromatic rings. The van der Waals surface area contributed by atoms with Crippen LogP contribution >= 0.6 is 0 Å². The molecule has 1 aliphatic carbocycles. The van der Waals surface area contributed by atoms with Gasteiger partial charge in [0.25, 0.3) is 5.91 Å². The second kappa shape index (κ2) is 8.01. The number of rotatable bonds is 7. The van der Waals surface area contributed by atoms with E-state index in [-0.39, 0.29) is 29.4 Å². The van der Waals surface area contributed by atoms with Gasteiger partial charge in [0.05, 0.1) is 11.2 Å². The lowest BCUT2D eigenvalue weighted by Gasteiger charge is -2.15. The smallest absolute Gasteiger partial charge is 0.251 e. The molecule has 1 aromatic heterocycles. The summed E-state index contributed by atoms with van der Waals surface area (Å²) >= 11 is 0. The number of sulfonamides is 1. The van der Waals surface area contributed by atoms with Crippen molar-refractivity contribution >= 4 is 15.9 Å². The summed E-state index contributed by atoms with van der Waals surface area (Å²) in [5.74, 6) is -0.222. The summed E-state index contributed by atoms with van der Waals surface area (Å²) < 4.78 is 29.5. The SMILES string of the molecule is CC(CNS(=O)(=O)c1cccc(C(=O)NC2CCCC2)c1)n1ccnc1. The van der Waals surface area contributed by atoms with Crippen LogP contribution in [0.2, 0.25) is 0 Å². The molecule has 0 spiro atoms. The van der Waals surface area contributed by atoms with Gasteiger partial charge in [-0.3, -0.25) is 4.79 Å². The zero-order chi connectivity index (χ0) is 18.6. The van der Waals surface area contributed by atoms with Crippen molar-refractivity contribution in [1.29, 1.82) is 0 Å². The van der Waals surface area contributed by atoms with Crippen LogP contribution in [0.3, 0.4) is 0 Å². The van der Waals surface area contributed by atoms with Crippen molar-refractivity contribution in [3.8, 4) is 0 Å². The molecule has 7 nitrogen and oxygen atoms in total. The first kappa shape index (κ1) is 18.6. The molecule has 2 N–H and O–H groups in total. The Labute approximate surface area is 153 Å². The van der Waals surface area contributed by atoms with Crippen LogP contribution in [0.4, 0.5) is 0 Å². The van der Waals surface area contributed by atoms with Crippen molar-refractivity contribution in [2.24, 2.45) is 0 Å². The minimum absolute atomic E-state index is 0.0684. The molecule has 1 aromatic carbocycles. The van der Waals surface area contributed by atoms with Crippen LogP contribution in [0.25, 0.3) is 0 Å². The fourth-order valence-electron chi connectivity index (χ4n) is 3.09. The van der Waals surface area contributed by atoms with Crippen molar-refractivity contribution in [1.82, 2.24) is 19.6 Å². The third-order valence-corrected chi connectivity index (χ3v) is 6.12. The van der Waals surface area contributed by atoms with Crippen molar-refractivity contribution < 1.29 is 13.2 Å². The minimum atomic E-state index is -3.69. The van der Waals surface area contributed by atoms with Gasteiger partial charge >= 0.3 is 0 Å². The first-order valence-electron chi connectivity index (χ1n) is 8.84. The Hall–Kier alpha value is -2.19. The van der Waals surface area contributed by atoms with Crippen LogP contribution in [0, 0.1) is 0 Å². The maximum atomic E-state index is 12.6. The molecular formula is C18H24N4O3S. The lowest BCUT2D eigenvalue weighted by Crippen LogP contribution is -2.33. The number of nitrogens with zero attached hydrogens (tertiary/aromatic N) is 2. The molecule has 3 rings (SSSR count). The molecule has 0 bridgehead atoms. The molecule has 140 valence electrons. The van der Waals surface area contributed by atoms with Gasteiger partial charge in [-0.05, 0) is 38.0 Å². The third kappa shape index (κ3) is 4.50. The van der Waals surface area contributed by atoms with E-state index in [0.717, 1.165) is 25.7 Å². The minimum Gasteiger partial charge on any atom is -0.349 e. The molecule has 1 atom stereocenters. The number of imidazole rings is 1. The second-order valence-electron chi connectivity index (χ2n) is 6.69. The molecule has 1 fully saturated rings. The predicted molar refractivity (Wildman–Crippen MR) is 98.3 cm³/mol. The molecule has 26 heavy (non-hydrogen) atoms. The van der Waals surface area contributed by atoms with E-state index >= 15 is 0 Å². The third-order valence-electron chi connectivity index (χ3n) is 4.70. The standard InChI is InChI=1S/C18H24N4O3S/c1-14(22-10-9-19-13-22)12-20-26(24,25)17-8-4-5-15(11-17)18(23)21-16-6-2-3-7-16/h4-5,8-11,13-14,16,20H,2-3,6-7,12H2,1H3,(H,21,23). The number of aromatic nitrogens is 2. The van der Waals surface area contributed by atoms with Crippen molar-refractivity contribution in [3.63, 3.8) is 0 Å². The van der Waals surface area contributed by atoms with Gasteiger partial charge < -0.3 is 9.88 Å². The normalized spacial score (nSPS) is 16.5. The van der Waals surface area contributed by atoms with Gasteiger partial charge in [-0.2, -0.15) is 0 Å². The number of hydrogen-bond donors (Lipinski definition) is 2. The highest BCUT2D eigenvalue weighted by atomic mass is 32.2. The molecule has 1 heterocycles. The first-order valence-corrected chi connectivity index (χ1v) is 10.3. The molecular weight excluding hydrogens is 352 g/mol. The monoisotopic (exact) mass is 376 g/mol. The van der Waals surface area contributed by atoms with Gasteiger partial charge in [0.1, 0.15) is 0 Å². The number of carbonyl (C=O) groups is 1. The quantitative estimate of drug-likeness (QED) is 0.774. The van der Waals surface area contributed by atoms with E-state index in [4.69, 9.17) is 0 Å². The fourth-order valence-corrected chi connectivity index (χ4v) is 4.26. The molecule has 0 aliphatic heterocycles. The molecule has 0 radical (unpaired) electrons.